The average Bonchev–Trinajstić information content (AvgIpc) is 3.06. The van der Waals surface area contributed by atoms with Gasteiger partial charge in [0.25, 0.3) is 0 Å². The fourth-order valence-electron chi connectivity index (χ4n) is 2.30. The van der Waals surface area contributed by atoms with Gasteiger partial charge in [0.15, 0.2) is 0 Å². The molecule has 0 aliphatic heterocycles. The van der Waals surface area contributed by atoms with Gasteiger partial charge in [-0.1, -0.05) is 30.3 Å². The Labute approximate surface area is 141 Å². The van der Waals surface area contributed by atoms with Gasteiger partial charge >= 0.3 is 0 Å². The van der Waals surface area contributed by atoms with Gasteiger partial charge in [-0.2, -0.15) is 0 Å². The highest BCUT2D eigenvalue weighted by Crippen LogP contribution is 2.05. The molecule has 1 aromatic heterocycles. The second-order valence-electron chi connectivity index (χ2n) is 5.38. The highest BCUT2D eigenvalue weighted by Gasteiger charge is 2.07. The van der Waals surface area contributed by atoms with Crippen LogP contribution in [0.25, 0.3) is 0 Å². The lowest BCUT2D eigenvalue weighted by Crippen LogP contribution is -2.39. The van der Waals surface area contributed by atoms with E-state index in [2.05, 4.69) is 27.8 Å². The van der Waals surface area contributed by atoms with Crippen molar-refractivity contribution in [2.45, 2.75) is 25.9 Å². The molecule has 0 aliphatic rings. The van der Waals surface area contributed by atoms with Crippen LogP contribution in [0.2, 0.25) is 0 Å². The Morgan fingerprint density at radius 1 is 1.12 bits per heavy atom. The molecule has 7 nitrogen and oxygen atoms in total. The molecule has 1 heterocycles. The maximum absolute atomic E-state index is 11.7. The van der Waals surface area contributed by atoms with Crippen LogP contribution in [-0.4, -0.2) is 34.5 Å². The van der Waals surface area contributed by atoms with E-state index in [1.807, 2.05) is 29.0 Å². The van der Waals surface area contributed by atoms with Crippen LogP contribution in [0.4, 0.5) is 0 Å². The Bertz CT molecular complexity index is 654. The van der Waals surface area contributed by atoms with Gasteiger partial charge < -0.3 is 20.9 Å². The van der Waals surface area contributed by atoms with E-state index in [-0.39, 0.29) is 24.9 Å². The van der Waals surface area contributed by atoms with Crippen LogP contribution >= 0.6 is 0 Å². The number of hydrogen-bond donors (Lipinski definition) is 3. The van der Waals surface area contributed by atoms with Gasteiger partial charge in [-0.25, -0.2) is 4.98 Å². The van der Waals surface area contributed by atoms with Crippen molar-refractivity contribution in [1.29, 1.82) is 0 Å². The van der Waals surface area contributed by atoms with Crippen LogP contribution in [0.5, 0.6) is 0 Å². The van der Waals surface area contributed by atoms with Crippen LogP contribution in [-0.2, 0) is 29.1 Å². The third kappa shape index (κ3) is 5.85. The van der Waals surface area contributed by atoms with E-state index >= 15 is 0 Å². The van der Waals surface area contributed by atoms with Crippen LogP contribution in [0.1, 0.15) is 17.8 Å². The zero-order chi connectivity index (χ0) is 17.2. The lowest BCUT2D eigenvalue weighted by atomic mass is 10.1. The van der Waals surface area contributed by atoms with Crippen LogP contribution in [0.15, 0.2) is 42.7 Å². The van der Waals surface area contributed by atoms with Crippen LogP contribution in [0.3, 0.4) is 0 Å². The van der Waals surface area contributed by atoms with Crippen molar-refractivity contribution in [1.82, 2.24) is 20.2 Å². The molecule has 0 unspecified atom stereocenters. The first-order valence-electron chi connectivity index (χ1n) is 7.96. The molecule has 4 N–H and O–H groups in total. The molecule has 0 fully saturated rings. The molecule has 0 radical (unpaired) electrons. The summed E-state index contributed by atoms with van der Waals surface area (Å²) >= 11 is 0. The molecule has 7 heteroatoms. The molecule has 0 saturated heterocycles. The molecule has 0 bridgehead atoms. The molecular weight excluding hydrogens is 306 g/mol. The maximum Gasteiger partial charge on any atom is 0.239 e. The fraction of sp³-hybridized carbons (Fsp3) is 0.353. The van der Waals surface area contributed by atoms with Crippen molar-refractivity contribution in [2.75, 3.05) is 13.1 Å². The van der Waals surface area contributed by atoms with Gasteiger partial charge in [0.1, 0.15) is 5.82 Å². The summed E-state index contributed by atoms with van der Waals surface area (Å²) < 4.78 is 2.03. The van der Waals surface area contributed by atoms with Gasteiger partial charge in [-0.15, -0.1) is 0 Å². The quantitative estimate of drug-likeness (QED) is 0.612. The lowest BCUT2D eigenvalue weighted by Gasteiger charge is -2.09. The minimum absolute atomic E-state index is 0.0786. The molecule has 0 aliphatic carbocycles. The normalized spacial score (nSPS) is 10.4. The largest absolute Gasteiger partial charge is 0.347 e. The topological polar surface area (TPSA) is 102 Å². The number of aromatic nitrogens is 2. The van der Waals surface area contributed by atoms with Crippen LogP contribution in [0, 0.1) is 0 Å². The third-order valence-electron chi connectivity index (χ3n) is 3.58. The number of amides is 2. The van der Waals surface area contributed by atoms with E-state index < -0.39 is 0 Å². The lowest BCUT2D eigenvalue weighted by molar-refractivity contribution is -0.125. The highest BCUT2D eigenvalue weighted by atomic mass is 16.2. The molecule has 0 spiro atoms. The smallest absolute Gasteiger partial charge is 0.239 e. The Balaban J connectivity index is 1.74. The van der Waals surface area contributed by atoms with Crippen molar-refractivity contribution < 1.29 is 9.59 Å². The van der Waals surface area contributed by atoms with Crippen molar-refractivity contribution in [2.24, 2.45) is 5.73 Å². The summed E-state index contributed by atoms with van der Waals surface area (Å²) in [5, 5.41) is 5.16. The second kappa shape index (κ2) is 9.46. The first-order chi connectivity index (χ1) is 11.7. The van der Waals surface area contributed by atoms with Crippen LogP contribution < -0.4 is 16.4 Å². The number of carbonyl (C=O) groups excluding carboxylic acids is 2. The SMILES string of the molecule is NCC(=O)NCC(=O)NCc1nccn1CCCc1ccccc1. The molecule has 2 amide bonds. The Morgan fingerprint density at radius 3 is 2.67 bits per heavy atom. The van der Waals surface area contributed by atoms with Crippen molar-refractivity contribution in [3.8, 4) is 0 Å². The minimum Gasteiger partial charge on any atom is -0.347 e. The summed E-state index contributed by atoms with van der Waals surface area (Å²) in [7, 11) is 0. The monoisotopic (exact) mass is 329 g/mol. The molecule has 2 aromatic rings. The van der Waals surface area contributed by atoms with Crippen molar-refractivity contribution in [3.05, 3.63) is 54.1 Å². The third-order valence-corrected chi connectivity index (χ3v) is 3.58. The zero-order valence-corrected chi connectivity index (χ0v) is 13.6. The van der Waals surface area contributed by atoms with E-state index in [1.54, 1.807) is 6.20 Å². The minimum atomic E-state index is -0.354. The number of imidazole rings is 1. The summed E-state index contributed by atoms with van der Waals surface area (Å²) in [6.45, 7) is 0.962. The molecule has 2 rings (SSSR count). The molecule has 1 aromatic carbocycles. The Hall–Kier alpha value is -2.67. The van der Waals surface area contributed by atoms with E-state index in [9.17, 15) is 9.59 Å². The van der Waals surface area contributed by atoms with E-state index in [1.165, 1.54) is 5.56 Å². The number of nitrogens with zero attached hydrogens (tertiary/aromatic N) is 2. The van der Waals surface area contributed by atoms with E-state index in [4.69, 9.17) is 5.73 Å². The van der Waals surface area contributed by atoms with E-state index in [0.717, 1.165) is 25.2 Å². The number of nitrogens with two attached hydrogens (primary N) is 1. The molecular formula is C17H23N5O2. The highest BCUT2D eigenvalue weighted by molar-refractivity contribution is 5.85. The number of rotatable bonds is 9. The molecule has 24 heavy (non-hydrogen) atoms. The summed E-state index contributed by atoms with van der Waals surface area (Å²) in [5.74, 6) is 0.171. The number of carbonyl (C=O) groups is 2. The van der Waals surface area contributed by atoms with Crippen molar-refractivity contribution >= 4 is 11.8 Å². The number of nitrogens with one attached hydrogen (secondary N) is 2. The summed E-state index contributed by atoms with van der Waals surface area (Å²) in [4.78, 5) is 26.9. The summed E-state index contributed by atoms with van der Waals surface area (Å²) in [5.41, 5.74) is 6.47. The molecule has 128 valence electrons. The Kier molecular flexibility index (Phi) is 6.97. The Morgan fingerprint density at radius 2 is 1.92 bits per heavy atom. The maximum atomic E-state index is 11.7. The predicted molar refractivity (Wildman–Crippen MR) is 90.9 cm³/mol. The number of hydrogen-bond acceptors (Lipinski definition) is 4. The van der Waals surface area contributed by atoms with Gasteiger partial charge in [0, 0.05) is 18.9 Å². The second-order valence-corrected chi connectivity index (χ2v) is 5.38. The predicted octanol–water partition coefficient (Wildman–Crippen LogP) is 0.207. The average molecular weight is 329 g/mol. The van der Waals surface area contributed by atoms with E-state index in [0.29, 0.717) is 6.54 Å². The molecule has 0 atom stereocenters. The van der Waals surface area contributed by atoms with Crippen molar-refractivity contribution in [3.63, 3.8) is 0 Å². The number of benzene rings is 1. The summed E-state index contributed by atoms with van der Waals surface area (Å²) in [6, 6.07) is 10.3. The standard InChI is InChI=1S/C17H23N5O2/c18-11-16(23)21-13-17(24)20-12-15-19-8-10-22(15)9-4-7-14-5-2-1-3-6-14/h1-3,5-6,8,10H,4,7,9,11-13,18H2,(H,20,24)(H,21,23). The zero-order valence-electron chi connectivity index (χ0n) is 13.6. The van der Waals surface area contributed by atoms with Gasteiger partial charge in [-0.05, 0) is 18.4 Å². The number of aryl methyl sites for hydroxylation is 2. The van der Waals surface area contributed by atoms with Gasteiger partial charge in [-0.3, -0.25) is 9.59 Å². The first kappa shape index (κ1) is 17.7. The fourth-order valence-corrected chi connectivity index (χ4v) is 2.30. The first-order valence-corrected chi connectivity index (χ1v) is 7.96. The van der Waals surface area contributed by atoms with Gasteiger partial charge in [0.2, 0.25) is 11.8 Å². The molecule has 0 saturated carbocycles. The van der Waals surface area contributed by atoms with Gasteiger partial charge in [0.05, 0.1) is 19.6 Å². The summed E-state index contributed by atoms with van der Waals surface area (Å²) in [6.07, 6.45) is 5.62.